The first-order valence-electron chi connectivity index (χ1n) is 7.58. The first kappa shape index (κ1) is 17.9. The highest BCUT2D eigenvalue weighted by atomic mass is 32.2. The van der Waals surface area contributed by atoms with Crippen molar-refractivity contribution in [2.75, 3.05) is 18.1 Å². The molecule has 6 heteroatoms. The van der Waals surface area contributed by atoms with Gasteiger partial charge >= 0.3 is 0 Å². The molecule has 124 valence electrons. The number of rotatable bonds is 8. The fourth-order valence-corrected chi connectivity index (χ4v) is 3.42. The molecule has 0 amide bonds. The highest BCUT2D eigenvalue weighted by Crippen LogP contribution is 2.18. The lowest BCUT2D eigenvalue weighted by molar-refractivity contribution is 0.343. The third kappa shape index (κ3) is 6.31. The number of H-pyrrole nitrogens is 1. The lowest BCUT2D eigenvalue weighted by Crippen LogP contribution is -2.10. The van der Waals surface area contributed by atoms with Crippen LogP contribution in [0.15, 0.2) is 34.2 Å². The summed E-state index contributed by atoms with van der Waals surface area (Å²) < 4.78 is 5.77. The van der Waals surface area contributed by atoms with Gasteiger partial charge in [0.05, 0.1) is 12.3 Å². The van der Waals surface area contributed by atoms with Gasteiger partial charge in [-0.2, -0.15) is 11.8 Å². The Morgan fingerprint density at radius 2 is 1.91 bits per heavy atom. The minimum atomic E-state index is -0.0931. The molecule has 0 unspecified atom stereocenters. The van der Waals surface area contributed by atoms with Crippen molar-refractivity contribution >= 4 is 23.5 Å². The summed E-state index contributed by atoms with van der Waals surface area (Å²) in [6, 6.07) is 7.75. The molecule has 0 atom stereocenters. The molecule has 23 heavy (non-hydrogen) atoms. The molecular formula is C17H22N2O2S2. The summed E-state index contributed by atoms with van der Waals surface area (Å²) in [6.45, 7) is 6.79. The van der Waals surface area contributed by atoms with Gasteiger partial charge in [0.2, 0.25) is 0 Å². The number of nitrogens with zero attached hydrogens (tertiary/aromatic N) is 1. The van der Waals surface area contributed by atoms with Crippen LogP contribution in [0.3, 0.4) is 0 Å². The van der Waals surface area contributed by atoms with Crippen molar-refractivity contribution in [2.24, 2.45) is 0 Å². The Kier molecular flexibility index (Phi) is 7.05. The van der Waals surface area contributed by atoms with E-state index >= 15 is 0 Å². The molecule has 0 bridgehead atoms. The van der Waals surface area contributed by atoms with E-state index in [1.807, 2.05) is 12.1 Å². The Morgan fingerprint density at radius 3 is 2.61 bits per heavy atom. The molecule has 4 nitrogen and oxygen atoms in total. The van der Waals surface area contributed by atoms with E-state index in [4.69, 9.17) is 4.74 Å². The third-order valence-electron chi connectivity index (χ3n) is 3.01. The van der Waals surface area contributed by atoms with Crippen molar-refractivity contribution in [1.82, 2.24) is 9.97 Å². The fourth-order valence-electron chi connectivity index (χ4n) is 2.15. The van der Waals surface area contributed by atoms with Crippen molar-refractivity contribution < 1.29 is 4.74 Å². The molecule has 2 rings (SSSR count). The summed E-state index contributed by atoms with van der Waals surface area (Å²) in [5.41, 5.74) is 3.13. The van der Waals surface area contributed by atoms with Crippen LogP contribution in [0, 0.1) is 13.8 Å². The van der Waals surface area contributed by atoms with Gasteiger partial charge in [0.25, 0.3) is 5.56 Å². The maximum atomic E-state index is 11.7. The van der Waals surface area contributed by atoms with Crippen molar-refractivity contribution in [3.8, 4) is 5.75 Å². The van der Waals surface area contributed by atoms with E-state index in [0.717, 1.165) is 28.7 Å². The Labute approximate surface area is 145 Å². The van der Waals surface area contributed by atoms with E-state index in [9.17, 15) is 4.79 Å². The van der Waals surface area contributed by atoms with Crippen LogP contribution in [0.25, 0.3) is 0 Å². The van der Waals surface area contributed by atoms with Crippen LogP contribution in [0.5, 0.6) is 5.75 Å². The summed E-state index contributed by atoms with van der Waals surface area (Å²) in [4.78, 5) is 18.9. The minimum absolute atomic E-state index is 0.0931. The molecule has 0 aliphatic heterocycles. The molecule has 1 heterocycles. The number of aromatic nitrogens is 2. The van der Waals surface area contributed by atoms with Gasteiger partial charge in [-0.1, -0.05) is 24.8 Å². The Hall–Kier alpha value is -1.40. The predicted octanol–water partition coefficient (Wildman–Crippen LogP) is 3.81. The Balaban J connectivity index is 1.86. The summed E-state index contributed by atoms with van der Waals surface area (Å²) in [6.07, 6.45) is 0. The van der Waals surface area contributed by atoms with Crippen LogP contribution in [0.4, 0.5) is 0 Å². The maximum Gasteiger partial charge on any atom is 0.251 e. The first-order chi connectivity index (χ1) is 11.1. The summed E-state index contributed by atoms with van der Waals surface area (Å²) in [5.74, 6) is 3.41. The van der Waals surface area contributed by atoms with E-state index in [1.54, 1.807) is 17.8 Å². The van der Waals surface area contributed by atoms with Crippen LogP contribution >= 0.6 is 23.5 Å². The van der Waals surface area contributed by atoms with Crippen LogP contribution in [0.1, 0.15) is 23.7 Å². The number of hydrogen-bond acceptors (Lipinski definition) is 5. The largest absolute Gasteiger partial charge is 0.493 e. The van der Waals surface area contributed by atoms with Crippen LogP contribution in [-0.2, 0) is 5.75 Å². The zero-order valence-corrected chi connectivity index (χ0v) is 15.4. The lowest BCUT2D eigenvalue weighted by atomic mass is 10.1. The van der Waals surface area contributed by atoms with Gasteiger partial charge < -0.3 is 9.72 Å². The van der Waals surface area contributed by atoms with Gasteiger partial charge in [0, 0.05) is 17.6 Å². The standard InChI is InChI=1S/C17H22N2O2S2/c1-4-22-11-14-10-16(20)19-17(18-14)23-6-5-21-15-8-12(2)7-13(3)9-15/h7-10H,4-6,11H2,1-3H3,(H,18,19,20). The average Bonchev–Trinajstić information content (AvgIpc) is 2.48. The number of ether oxygens (including phenoxy) is 1. The van der Waals surface area contributed by atoms with Gasteiger partial charge in [-0.3, -0.25) is 4.79 Å². The van der Waals surface area contributed by atoms with Gasteiger partial charge in [-0.05, 0) is 42.9 Å². The smallest absolute Gasteiger partial charge is 0.251 e. The third-order valence-corrected chi connectivity index (χ3v) is 4.76. The van der Waals surface area contributed by atoms with Crippen LogP contribution in [-0.4, -0.2) is 28.1 Å². The van der Waals surface area contributed by atoms with Crippen molar-refractivity contribution in [1.29, 1.82) is 0 Å². The van der Waals surface area contributed by atoms with Gasteiger partial charge in [-0.15, -0.1) is 0 Å². The molecule has 0 radical (unpaired) electrons. The number of hydrogen-bond donors (Lipinski definition) is 1. The highest BCUT2D eigenvalue weighted by molar-refractivity contribution is 7.99. The molecular weight excluding hydrogens is 328 g/mol. The molecule has 1 aromatic carbocycles. The van der Waals surface area contributed by atoms with Crippen molar-refractivity contribution in [3.63, 3.8) is 0 Å². The van der Waals surface area contributed by atoms with Gasteiger partial charge in [0.15, 0.2) is 5.16 Å². The van der Waals surface area contributed by atoms with Crippen LogP contribution in [0.2, 0.25) is 0 Å². The van der Waals surface area contributed by atoms with E-state index in [-0.39, 0.29) is 5.56 Å². The molecule has 0 spiro atoms. The van der Waals surface area contributed by atoms with Crippen molar-refractivity contribution in [3.05, 3.63) is 51.4 Å². The van der Waals surface area contributed by atoms with E-state index < -0.39 is 0 Å². The number of nitrogens with one attached hydrogen (secondary N) is 1. The number of aryl methyl sites for hydroxylation is 2. The zero-order chi connectivity index (χ0) is 16.7. The number of thioether (sulfide) groups is 2. The second-order valence-electron chi connectivity index (χ2n) is 5.20. The normalized spacial score (nSPS) is 10.7. The summed E-state index contributed by atoms with van der Waals surface area (Å²) in [7, 11) is 0. The predicted molar refractivity (Wildman–Crippen MR) is 98.8 cm³/mol. The highest BCUT2D eigenvalue weighted by Gasteiger charge is 2.03. The van der Waals surface area contributed by atoms with Gasteiger partial charge in [-0.25, -0.2) is 4.98 Å². The number of aromatic amines is 1. The SMILES string of the molecule is CCSCc1cc(=O)[nH]c(SCCOc2cc(C)cc(C)c2)n1. The Bertz CT molecular complexity index is 681. The van der Waals surface area contributed by atoms with Crippen LogP contribution < -0.4 is 10.3 Å². The molecule has 0 saturated carbocycles. The minimum Gasteiger partial charge on any atom is -0.493 e. The number of benzene rings is 1. The fraction of sp³-hybridized carbons (Fsp3) is 0.412. The molecule has 0 aliphatic rings. The zero-order valence-electron chi connectivity index (χ0n) is 13.7. The monoisotopic (exact) mass is 350 g/mol. The Morgan fingerprint density at radius 1 is 1.17 bits per heavy atom. The van der Waals surface area contributed by atoms with E-state index in [2.05, 4.69) is 36.8 Å². The second-order valence-corrected chi connectivity index (χ2v) is 7.56. The second kappa shape index (κ2) is 9.03. The lowest BCUT2D eigenvalue weighted by Gasteiger charge is -2.08. The average molecular weight is 351 g/mol. The van der Waals surface area contributed by atoms with Crippen molar-refractivity contribution in [2.45, 2.75) is 31.7 Å². The summed E-state index contributed by atoms with van der Waals surface area (Å²) >= 11 is 3.27. The molecule has 1 N–H and O–H groups in total. The molecule has 0 fully saturated rings. The first-order valence-corrected chi connectivity index (χ1v) is 9.72. The van der Waals surface area contributed by atoms with E-state index in [1.165, 1.54) is 22.9 Å². The molecule has 0 aliphatic carbocycles. The molecule has 2 aromatic rings. The quantitative estimate of drug-likeness (QED) is 0.446. The van der Waals surface area contributed by atoms with Gasteiger partial charge in [0.1, 0.15) is 5.75 Å². The summed E-state index contributed by atoms with van der Waals surface area (Å²) in [5, 5.41) is 0.660. The maximum absolute atomic E-state index is 11.7. The molecule has 0 saturated heterocycles. The van der Waals surface area contributed by atoms with E-state index in [0.29, 0.717) is 11.8 Å². The molecule has 1 aromatic heterocycles. The topological polar surface area (TPSA) is 55.0 Å².